The number of rotatable bonds is 5. The molecule has 0 atom stereocenters. The molecule has 3 aromatic rings. The Labute approximate surface area is 175 Å². The monoisotopic (exact) mass is 398 g/mol. The molecule has 0 unspecified atom stereocenters. The Morgan fingerprint density at radius 1 is 0.800 bits per heavy atom. The van der Waals surface area contributed by atoms with Crippen molar-refractivity contribution in [1.29, 1.82) is 0 Å². The van der Waals surface area contributed by atoms with Gasteiger partial charge in [0.2, 0.25) is 0 Å². The second-order valence-corrected chi connectivity index (χ2v) is 7.16. The van der Waals surface area contributed by atoms with Crippen molar-refractivity contribution in [3.8, 4) is 5.75 Å². The van der Waals surface area contributed by atoms with E-state index < -0.39 is 5.91 Å². The molecular formula is C25H22N2O3. The average Bonchev–Trinajstić information content (AvgIpc) is 3.00. The lowest BCUT2D eigenvalue weighted by atomic mass is 10.0. The SMILES string of the molecule is COc1ccccc1C1=C(Nc2ccc(C)c(C)c2)C(=O)N(c2ccccc2)C1=O. The van der Waals surface area contributed by atoms with Crippen molar-refractivity contribution in [2.24, 2.45) is 0 Å². The highest BCUT2D eigenvalue weighted by molar-refractivity contribution is 6.46. The summed E-state index contributed by atoms with van der Waals surface area (Å²) in [5, 5.41) is 3.20. The van der Waals surface area contributed by atoms with Crippen LogP contribution in [0.5, 0.6) is 5.75 Å². The van der Waals surface area contributed by atoms with Gasteiger partial charge in [0.25, 0.3) is 11.8 Å². The van der Waals surface area contributed by atoms with Crippen molar-refractivity contribution in [3.05, 3.63) is 95.2 Å². The van der Waals surface area contributed by atoms with Gasteiger partial charge < -0.3 is 10.1 Å². The van der Waals surface area contributed by atoms with Gasteiger partial charge in [-0.2, -0.15) is 0 Å². The standard InChI is InChI=1S/C25H22N2O3/c1-16-13-14-18(15-17(16)2)26-23-22(20-11-7-8-12-21(20)30-3)24(28)27(25(23)29)19-9-5-4-6-10-19/h4-15,26H,1-3H3. The molecule has 1 aliphatic rings. The summed E-state index contributed by atoms with van der Waals surface area (Å²) in [5.74, 6) is -0.254. The van der Waals surface area contributed by atoms with Gasteiger partial charge in [-0.15, -0.1) is 0 Å². The predicted octanol–water partition coefficient (Wildman–Crippen LogP) is 4.71. The molecule has 1 heterocycles. The maximum atomic E-state index is 13.5. The second kappa shape index (κ2) is 7.87. The maximum absolute atomic E-state index is 13.5. The molecule has 30 heavy (non-hydrogen) atoms. The van der Waals surface area contributed by atoms with Crippen molar-refractivity contribution in [2.75, 3.05) is 17.3 Å². The molecule has 1 N–H and O–H groups in total. The number of methoxy groups -OCH3 is 1. The molecule has 0 saturated carbocycles. The first-order valence-electron chi connectivity index (χ1n) is 9.67. The normalized spacial score (nSPS) is 13.8. The molecule has 2 amide bonds. The molecule has 0 aromatic heterocycles. The number of carbonyl (C=O) groups excluding carboxylic acids is 2. The smallest absolute Gasteiger partial charge is 0.282 e. The van der Waals surface area contributed by atoms with Crippen LogP contribution in [0.2, 0.25) is 0 Å². The molecule has 0 radical (unpaired) electrons. The lowest BCUT2D eigenvalue weighted by Crippen LogP contribution is -2.32. The number of imide groups is 1. The lowest BCUT2D eigenvalue weighted by Gasteiger charge is -2.15. The Morgan fingerprint density at radius 2 is 1.50 bits per heavy atom. The summed E-state index contributed by atoms with van der Waals surface area (Å²) >= 11 is 0. The molecular weight excluding hydrogens is 376 g/mol. The number of aryl methyl sites for hydroxylation is 2. The van der Waals surface area contributed by atoms with E-state index in [1.54, 1.807) is 43.5 Å². The van der Waals surface area contributed by atoms with Crippen LogP contribution in [0, 0.1) is 13.8 Å². The van der Waals surface area contributed by atoms with Gasteiger partial charge in [0, 0.05) is 11.3 Å². The van der Waals surface area contributed by atoms with E-state index in [2.05, 4.69) is 5.32 Å². The number of hydrogen-bond donors (Lipinski definition) is 1. The maximum Gasteiger partial charge on any atom is 0.282 e. The highest BCUT2D eigenvalue weighted by Gasteiger charge is 2.41. The van der Waals surface area contributed by atoms with Crippen molar-refractivity contribution in [3.63, 3.8) is 0 Å². The minimum atomic E-state index is -0.398. The zero-order valence-electron chi connectivity index (χ0n) is 17.1. The Hall–Kier alpha value is -3.86. The molecule has 0 spiro atoms. The summed E-state index contributed by atoms with van der Waals surface area (Å²) in [5.41, 5.74) is 4.61. The second-order valence-electron chi connectivity index (χ2n) is 7.16. The van der Waals surface area contributed by atoms with Gasteiger partial charge >= 0.3 is 0 Å². The number of nitrogens with one attached hydrogen (secondary N) is 1. The minimum Gasteiger partial charge on any atom is -0.496 e. The van der Waals surface area contributed by atoms with Crippen LogP contribution in [0.3, 0.4) is 0 Å². The summed E-state index contributed by atoms with van der Waals surface area (Å²) < 4.78 is 5.47. The van der Waals surface area contributed by atoms with E-state index >= 15 is 0 Å². The number of carbonyl (C=O) groups is 2. The van der Waals surface area contributed by atoms with E-state index in [9.17, 15) is 9.59 Å². The van der Waals surface area contributed by atoms with Gasteiger partial charge in [-0.05, 0) is 55.3 Å². The molecule has 4 rings (SSSR count). The van der Waals surface area contributed by atoms with Crippen molar-refractivity contribution in [2.45, 2.75) is 13.8 Å². The van der Waals surface area contributed by atoms with E-state index in [1.165, 1.54) is 4.90 Å². The molecule has 1 aliphatic heterocycles. The molecule has 0 aliphatic carbocycles. The first-order chi connectivity index (χ1) is 14.5. The third-order valence-corrected chi connectivity index (χ3v) is 5.25. The van der Waals surface area contributed by atoms with Crippen LogP contribution >= 0.6 is 0 Å². The summed E-state index contributed by atoms with van der Waals surface area (Å²) in [4.78, 5) is 28.1. The number of para-hydroxylation sites is 2. The number of ether oxygens (including phenoxy) is 1. The van der Waals surface area contributed by atoms with E-state index in [-0.39, 0.29) is 11.6 Å². The zero-order chi connectivity index (χ0) is 21.3. The van der Waals surface area contributed by atoms with Gasteiger partial charge in [-0.25, -0.2) is 4.90 Å². The van der Waals surface area contributed by atoms with Crippen molar-refractivity contribution in [1.82, 2.24) is 0 Å². The van der Waals surface area contributed by atoms with E-state index in [1.807, 2.05) is 50.2 Å². The largest absolute Gasteiger partial charge is 0.496 e. The average molecular weight is 398 g/mol. The highest BCUT2D eigenvalue weighted by atomic mass is 16.5. The molecule has 5 heteroatoms. The summed E-state index contributed by atoms with van der Waals surface area (Å²) in [7, 11) is 1.55. The zero-order valence-corrected chi connectivity index (χ0v) is 17.1. The molecule has 150 valence electrons. The van der Waals surface area contributed by atoms with Gasteiger partial charge in [0.05, 0.1) is 18.4 Å². The number of hydrogen-bond acceptors (Lipinski definition) is 4. The van der Waals surface area contributed by atoms with Crippen LogP contribution < -0.4 is 15.0 Å². The number of anilines is 2. The highest BCUT2D eigenvalue weighted by Crippen LogP contribution is 2.37. The van der Waals surface area contributed by atoms with Crippen LogP contribution in [0.1, 0.15) is 16.7 Å². The van der Waals surface area contributed by atoms with Crippen LogP contribution in [-0.2, 0) is 9.59 Å². The molecule has 0 bridgehead atoms. The third-order valence-electron chi connectivity index (χ3n) is 5.25. The van der Waals surface area contributed by atoms with Gasteiger partial charge in [-0.1, -0.05) is 42.5 Å². The van der Waals surface area contributed by atoms with E-state index in [0.29, 0.717) is 22.6 Å². The van der Waals surface area contributed by atoms with Crippen LogP contribution in [0.4, 0.5) is 11.4 Å². The number of benzene rings is 3. The van der Waals surface area contributed by atoms with E-state index in [0.717, 1.165) is 16.8 Å². The van der Waals surface area contributed by atoms with Crippen LogP contribution in [0.25, 0.3) is 5.57 Å². The Morgan fingerprint density at radius 3 is 2.20 bits per heavy atom. The first kappa shape index (κ1) is 19.5. The quantitative estimate of drug-likeness (QED) is 0.633. The summed E-state index contributed by atoms with van der Waals surface area (Å²) in [6.07, 6.45) is 0. The van der Waals surface area contributed by atoms with Gasteiger partial charge in [0.15, 0.2) is 0 Å². The van der Waals surface area contributed by atoms with Crippen molar-refractivity contribution < 1.29 is 14.3 Å². The fraction of sp³-hybridized carbons (Fsp3) is 0.120. The minimum absolute atomic E-state index is 0.233. The Kier molecular flexibility index (Phi) is 5.11. The summed E-state index contributed by atoms with van der Waals surface area (Å²) in [6, 6.07) is 22.0. The predicted molar refractivity (Wildman–Crippen MR) is 118 cm³/mol. The fourth-order valence-electron chi connectivity index (χ4n) is 3.52. The third kappa shape index (κ3) is 3.35. The lowest BCUT2D eigenvalue weighted by molar-refractivity contribution is -0.120. The Balaban J connectivity index is 1.87. The fourth-order valence-corrected chi connectivity index (χ4v) is 3.52. The van der Waals surface area contributed by atoms with Crippen LogP contribution in [0.15, 0.2) is 78.5 Å². The number of amides is 2. The van der Waals surface area contributed by atoms with Crippen molar-refractivity contribution >= 4 is 28.8 Å². The molecule has 0 fully saturated rings. The van der Waals surface area contributed by atoms with Gasteiger partial charge in [-0.3, -0.25) is 9.59 Å². The molecule has 3 aromatic carbocycles. The summed E-state index contributed by atoms with van der Waals surface area (Å²) in [6.45, 7) is 4.04. The number of nitrogens with zero attached hydrogens (tertiary/aromatic N) is 1. The topological polar surface area (TPSA) is 58.6 Å². The first-order valence-corrected chi connectivity index (χ1v) is 9.67. The van der Waals surface area contributed by atoms with Gasteiger partial charge in [0.1, 0.15) is 11.4 Å². The molecule has 5 nitrogen and oxygen atoms in total. The van der Waals surface area contributed by atoms with E-state index in [4.69, 9.17) is 4.74 Å². The van der Waals surface area contributed by atoms with Crippen LogP contribution in [-0.4, -0.2) is 18.9 Å². The molecule has 0 saturated heterocycles. The Bertz CT molecular complexity index is 1170.